The maximum absolute atomic E-state index is 5.90. The number of aryl methyl sites for hydroxylation is 1. The second-order valence-electron chi connectivity index (χ2n) is 6.90. The normalized spacial score (nSPS) is 20.8. The van der Waals surface area contributed by atoms with Gasteiger partial charge in [-0.15, -0.1) is 0 Å². The Hall–Kier alpha value is -1.32. The molecule has 1 fully saturated rings. The van der Waals surface area contributed by atoms with Gasteiger partial charge in [-0.25, -0.2) is 9.97 Å². The molecule has 1 aliphatic rings. The van der Waals surface area contributed by atoms with Crippen molar-refractivity contribution >= 4 is 11.6 Å². The summed E-state index contributed by atoms with van der Waals surface area (Å²) in [4.78, 5) is 11.3. The minimum Gasteiger partial charge on any atom is -0.384 e. The van der Waals surface area contributed by atoms with Gasteiger partial charge in [0.25, 0.3) is 0 Å². The number of aromatic nitrogens is 2. The van der Waals surface area contributed by atoms with Gasteiger partial charge in [-0.05, 0) is 30.6 Å². The van der Waals surface area contributed by atoms with Gasteiger partial charge in [-0.1, -0.05) is 27.7 Å². The Morgan fingerprint density at radius 2 is 2.00 bits per heavy atom. The van der Waals surface area contributed by atoms with E-state index >= 15 is 0 Å². The lowest BCUT2D eigenvalue weighted by molar-refractivity contribution is 0.220. The third-order valence-corrected chi connectivity index (χ3v) is 4.37. The smallest absolute Gasteiger partial charge is 0.134 e. The highest BCUT2D eigenvalue weighted by molar-refractivity contribution is 5.47. The summed E-state index contributed by atoms with van der Waals surface area (Å²) in [6.45, 7) is 11.3. The molecule has 112 valence electrons. The number of rotatable bonds is 2. The van der Waals surface area contributed by atoms with E-state index in [4.69, 9.17) is 5.73 Å². The molecule has 0 amide bonds. The summed E-state index contributed by atoms with van der Waals surface area (Å²) < 4.78 is 0. The summed E-state index contributed by atoms with van der Waals surface area (Å²) in [5.74, 6) is 3.22. The van der Waals surface area contributed by atoms with Crippen LogP contribution in [-0.4, -0.2) is 23.1 Å². The van der Waals surface area contributed by atoms with Gasteiger partial charge < -0.3 is 10.6 Å². The first-order valence-corrected chi connectivity index (χ1v) is 7.78. The third kappa shape index (κ3) is 3.62. The molecule has 4 nitrogen and oxygen atoms in total. The van der Waals surface area contributed by atoms with E-state index in [1.54, 1.807) is 0 Å². The molecule has 2 heterocycles. The standard InChI is InChI=1S/C16H28N4/c1-5-14-18-13(17)11-15(19-14)20-9-6-7-12(8-10-20)16(2,3)4/h11-12H,5-10H2,1-4H3,(H2,17,18,19). The molecule has 0 bridgehead atoms. The highest BCUT2D eigenvalue weighted by Crippen LogP contribution is 2.35. The largest absolute Gasteiger partial charge is 0.384 e. The highest BCUT2D eigenvalue weighted by atomic mass is 15.2. The lowest BCUT2D eigenvalue weighted by Crippen LogP contribution is -2.27. The summed E-state index contributed by atoms with van der Waals surface area (Å²) in [6.07, 6.45) is 4.60. The second-order valence-corrected chi connectivity index (χ2v) is 6.90. The molecule has 0 radical (unpaired) electrons. The topological polar surface area (TPSA) is 55.0 Å². The van der Waals surface area contributed by atoms with Gasteiger partial charge in [0.05, 0.1) is 0 Å². The Kier molecular flexibility index (Phi) is 4.51. The molecule has 20 heavy (non-hydrogen) atoms. The minimum atomic E-state index is 0.398. The number of anilines is 2. The van der Waals surface area contributed by atoms with E-state index < -0.39 is 0 Å². The van der Waals surface area contributed by atoms with Crippen LogP contribution in [0.5, 0.6) is 0 Å². The SMILES string of the molecule is CCc1nc(N)cc(N2CCCC(C(C)(C)C)CC2)n1. The van der Waals surface area contributed by atoms with Crippen molar-refractivity contribution in [2.75, 3.05) is 23.7 Å². The lowest BCUT2D eigenvalue weighted by Gasteiger charge is -2.30. The van der Waals surface area contributed by atoms with Gasteiger partial charge >= 0.3 is 0 Å². The molecule has 0 saturated carbocycles. The Balaban J connectivity index is 2.12. The fraction of sp³-hybridized carbons (Fsp3) is 0.750. The minimum absolute atomic E-state index is 0.398. The molecule has 0 spiro atoms. The van der Waals surface area contributed by atoms with Gasteiger partial charge in [0, 0.05) is 25.6 Å². The molecule has 1 aromatic heterocycles. The van der Waals surface area contributed by atoms with E-state index in [-0.39, 0.29) is 0 Å². The molecule has 1 saturated heterocycles. The van der Waals surface area contributed by atoms with Crippen LogP contribution in [0, 0.1) is 11.3 Å². The van der Waals surface area contributed by atoms with Crippen molar-refractivity contribution in [2.45, 2.75) is 53.4 Å². The Morgan fingerprint density at radius 3 is 2.65 bits per heavy atom. The average molecular weight is 276 g/mol. The Labute approximate surface area is 122 Å². The maximum atomic E-state index is 5.90. The molecule has 1 aromatic rings. The van der Waals surface area contributed by atoms with Gasteiger partial charge in [0.2, 0.25) is 0 Å². The van der Waals surface area contributed by atoms with E-state index in [0.29, 0.717) is 11.2 Å². The van der Waals surface area contributed by atoms with Crippen molar-refractivity contribution in [3.63, 3.8) is 0 Å². The Bertz CT molecular complexity index is 450. The van der Waals surface area contributed by atoms with E-state index in [2.05, 4.69) is 42.6 Å². The molecule has 1 aliphatic heterocycles. The molecule has 0 aliphatic carbocycles. The van der Waals surface area contributed by atoms with Crippen LogP contribution < -0.4 is 10.6 Å². The van der Waals surface area contributed by atoms with E-state index in [0.717, 1.165) is 37.1 Å². The van der Waals surface area contributed by atoms with E-state index in [1.165, 1.54) is 19.3 Å². The molecule has 1 unspecified atom stereocenters. The van der Waals surface area contributed by atoms with Crippen LogP contribution in [-0.2, 0) is 6.42 Å². The summed E-state index contributed by atoms with van der Waals surface area (Å²) in [5.41, 5.74) is 6.30. The zero-order valence-corrected chi connectivity index (χ0v) is 13.3. The van der Waals surface area contributed by atoms with Crippen LogP contribution in [0.3, 0.4) is 0 Å². The van der Waals surface area contributed by atoms with Gasteiger partial charge in [-0.2, -0.15) is 0 Å². The van der Waals surface area contributed by atoms with Crippen LogP contribution in [0.25, 0.3) is 0 Å². The summed E-state index contributed by atoms with van der Waals surface area (Å²) in [6, 6.07) is 1.91. The zero-order chi connectivity index (χ0) is 14.8. The first-order chi connectivity index (χ1) is 9.40. The van der Waals surface area contributed by atoms with Crippen LogP contribution in [0.2, 0.25) is 0 Å². The first kappa shape index (κ1) is 15.1. The molecule has 4 heteroatoms. The van der Waals surface area contributed by atoms with Gasteiger partial charge in [0.1, 0.15) is 17.5 Å². The fourth-order valence-electron chi connectivity index (χ4n) is 3.01. The van der Waals surface area contributed by atoms with Crippen molar-refractivity contribution < 1.29 is 0 Å². The quantitative estimate of drug-likeness (QED) is 0.900. The third-order valence-electron chi connectivity index (χ3n) is 4.37. The highest BCUT2D eigenvalue weighted by Gasteiger charge is 2.27. The number of hydrogen-bond acceptors (Lipinski definition) is 4. The van der Waals surface area contributed by atoms with Crippen molar-refractivity contribution in [1.82, 2.24) is 9.97 Å². The van der Waals surface area contributed by atoms with Crippen LogP contribution >= 0.6 is 0 Å². The number of nitrogens with two attached hydrogens (primary N) is 1. The van der Waals surface area contributed by atoms with E-state index in [9.17, 15) is 0 Å². The van der Waals surface area contributed by atoms with Crippen LogP contribution in [0.4, 0.5) is 11.6 Å². The molecular formula is C16H28N4. The van der Waals surface area contributed by atoms with Crippen LogP contribution in [0.1, 0.15) is 52.8 Å². The average Bonchev–Trinajstić information content (AvgIpc) is 2.63. The molecule has 2 N–H and O–H groups in total. The number of hydrogen-bond donors (Lipinski definition) is 1. The zero-order valence-electron chi connectivity index (χ0n) is 13.3. The fourth-order valence-corrected chi connectivity index (χ4v) is 3.01. The summed E-state index contributed by atoms with van der Waals surface area (Å²) >= 11 is 0. The van der Waals surface area contributed by atoms with E-state index in [1.807, 2.05) is 6.07 Å². The predicted molar refractivity (Wildman–Crippen MR) is 84.8 cm³/mol. The lowest BCUT2D eigenvalue weighted by atomic mass is 9.77. The van der Waals surface area contributed by atoms with Gasteiger partial charge in [0.15, 0.2) is 0 Å². The molecule has 1 atom stereocenters. The van der Waals surface area contributed by atoms with Crippen LogP contribution in [0.15, 0.2) is 6.07 Å². The monoisotopic (exact) mass is 276 g/mol. The molecular weight excluding hydrogens is 248 g/mol. The first-order valence-electron chi connectivity index (χ1n) is 7.78. The second kappa shape index (κ2) is 5.98. The van der Waals surface area contributed by atoms with Gasteiger partial charge in [-0.3, -0.25) is 0 Å². The number of nitrogens with zero attached hydrogens (tertiary/aromatic N) is 3. The number of nitrogen functional groups attached to an aromatic ring is 1. The summed E-state index contributed by atoms with van der Waals surface area (Å²) in [5, 5.41) is 0. The van der Waals surface area contributed by atoms with Crippen molar-refractivity contribution in [2.24, 2.45) is 11.3 Å². The molecule has 0 aromatic carbocycles. The predicted octanol–water partition coefficient (Wildman–Crippen LogP) is 3.27. The Morgan fingerprint density at radius 1 is 1.25 bits per heavy atom. The van der Waals surface area contributed by atoms with Crippen molar-refractivity contribution in [3.8, 4) is 0 Å². The van der Waals surface area contributed by atoms with Crippen molar-refractivity contribution in [3.05, 3.63) is 11.9 Å². The van der Waals surface area contributed by atoms with Crippen molar-refractivity contribution in [1.29, 1.82) is 0 Å². The molecule has 2 rings (SSSR count). The summed E-state index contributed by atoms with van der Waals surface area (Å²) in [7, 11) is 0. The maximum Gasteiger partial charge on any atom is 0.134 e.